The number of hydrogen-bond donors (Lipinski definition) is 0. The van der Waals surface area contributed by atoms with Crippen LogP contribution in [0.4, 0.5) is 0 Å². The van der Waals surface area contributed by atoms with Crippen LogP contribution in [0.15, 0.2) is 0 Å². The largest absolute Gasteiger partial charge is 0.104 e. The highest BCUT2D eigenvalue weighted by molar-refractivity contribution is 4.97. The van der Waals surface area contributed by atoms with E-state index in [1.807, 2.05) is 0 Å². The maximum atomic E-state index is 3.86. The molecule has 0 aliphatic heterocycles. The summed E-state index contributed by atoms with van der Waals surface area (Å²) in [6.07, 6.45) is 14.2. The standard InChI is InChI=1S/C15H27/c1-3-5-7-9-11-13-15-14-12-10-8-6-4-2/h1,3-5,7,9-15H2,2H3. The molecule has 0 nitrogen and oxygen atoms in total. The van der Waals surface area contributed by atoms with E-state index in [-0.39, 0.29) is 0 Å². The average molecular weight is 207 g/mol. The van der Waals surface area contributed by atoms with Crippen LogP contribution in [0.1, 0.15) is 77.6 Å². The first-order valence-electron chi connectivity index (χ1n) is 6.66. The molecule has 0 unspecified atom stereocenters. The van der Waals surface area contributed by atoms with Crippen molar-refractivity contribution in [1.29, 1.82) is 0 Å². The molecule has 0 saturated carbocycles. The van der Waals surface area contributed by atoms with E-state index in [1.54, 1.807) is 0 Å². The van der Waals surface area contributed by atoms with Gasteiger partial charge in [-0.05, 0) is 6.42 Å². The predicted molar refractivity (Wildman–Crippen MR) is 69.6 cm³/mol. The Morgan fingerprint density at radius 2 is 1.27 bits per heavy atom. The van der Waals surface area contributed by atoms with Gasteiger partial charge >= 0.3 is 0 Å². The molecule has 1 radical (unpaired) electrons. The van der Waals surface area contributed by atoms with Crippen LogP contribution in [0.25, 0.3) is 0 Å². The molecule has 0 aromatic carbocycles. The lowest BCUT2D eigenvalue weighted by Gasteiger charge is -1.99. The van der Waals surface area contributed by atoms with Crippen molar-refractivity contribution in [2.24, 2.45) is 0 Å². The average Bonchev–Trinajstić information content (AvgIpc) is 2.26. The molecule has 0 saturated heterocycles. The van der Waals surface area contributed by atoms with Gasteiger partial charge in [0, 0.05) is 12.8 Å². The molecule has 0 heterocycles. The molecule has 0 aliphatic carbocycles. The maximum absolute atomic E-state index is 3.86. The van der Waals surface area contributed by atoms with E-state index in [1.165, 1.54) is 51.4 Å². The summed E-state index contributed by atoms with van der Waals surface area (Å²) in [5.41, 5.74) is 0. The Labute approximate surface area is 96.8 Å². The van der Waals surface area contributed by atoms with E-state index in [0.717, 1.165) is 19.3 Å². The third kappa shape index (κ3) is 13.6. The minimum Gasteiger partial charge on any atom is -0.104 e. The third-order valence-corrected chi connectivity index (χ3v) is 2.60. The van der Waals surface area contributed by atoms with Gasteiger partial charge in [0.15, 0.2) is 0 Å². The molecule has 87 valence electrons. The van der Waals surface area contributed by atoms with Crippen LogP contribution in [0.5, 0.6) is 0 Å². The van der Waals surface area contributed by atoms with Crippen LogP contribution in [0.3, 0.4) is 0 Å². The van der Waals surface area contributed by atoms with Gasteiger partial charge in [0.05, 0.1) is 0 Å². The zero-order valence-corrected chi connectivity index (χ0v) is 10.5. The van der Waals surface area contributed by atoms with Crippen LogP contribution in [-0.2, 0) is 0 Å². The van der Waals surface area contributed by atoms with E-state index in [4.69, 9.17) is 0 Å². The second kappa shape index (κ2) is 13.6. The molecule has 0 spiro atoms. The monoisotopic (exact) mass is 207 g/mol. The summed E-state index contributed by atoms with van der Waals surface area (Å²) in [5, 5.41) is 0. The Morgan fingerprint density at radius 1 is 0.733 bits per heavy atom. The summed E-state index contributed by atoms with van der Waals surface area (Å²) in [4.78, 5) is 0. The second-order valence-corrected chi connectivity index (χ2v) is 4.14. The van der Waals surface area contributed by atoms with Crippen molar-refractivity contribution in [3.63, 3.8) is 0 Å². The zero-order chi connectivity index (χ0) is 11.2. The summed E-state index contributed by atoms with van der Waals surface area (Å²) >= 11 is 0. The van der Waals surface area contributed by atoms with Gasteiger partial charge in [-0.2, -0.15) is 0 Å². The summed E-state index contributed by atoms with van der Waals surface area (Å²) in [6, 6.07) is 0. The number of hydrogen-bond acceptors (Lipinski definition) is 0. The van der Waals surface area contributed by atoms with Crippen molar-refractivity contribution in [3.8, 4) is 11.8 Å². The Balaban J connectivity index is 2.92. The van der Waals surface area contributed by atoms with Crippen molar-refractivity contribution in [2.75, 3.05) is 0 Å². The topological polar surface area (TPSA) is 0 Å². The lowest BCUT2D eigenvalue weighted by Crippen LogP contribution is -1.80. The van der Waals surface area contributed by atoms with Crippen LogP contribution in [0.2, 0.25) is 0 Å². The van der Waals surface area contributed by atoms with Crippen molar-refractivity contribution < 1.29 is 0 Å². The van der Waals surface area contributed by atoms with E-state index in [9.17, 15) is 0 Å². The highest BCUT2D eigenvalue weighted by Crippen LogP contribution is 2.09. The quantitative estimate of drug-likeness (QED) is 0.363. The van der Waals surface area contributed by atoms with E-state index < -0.39 is 0 Å². The molecule has 0 amide bonds. The van der Waals surface area contributed by atoms with Gasteiger partial charge in [0.25, 0.3) is 0 Å². The second-order valence-electron chi connectivity index (χ2n) is 4.14. The third-order valence-electron chi connectivity index (χ3n) is 2.60. The summed E-state index contributed by atoms with van der Waals surface area (Å²) in [6.45, 7) is 5.97. The highest BCUT2D eigenvalue weighted by atomic mass is 14.0. The summed E-state index contributed by atoms with van der Waals surface area (Å²) in [5.74, 6) is 6.31. The molecule has 0 aliphatic rings. The smallest absolute Gasteiger partial charge is 0.00886 e. The molecule has 0 rings (SSSR count). The van der Waals surface area contributed by atoms with Crippen LogP contribution in [0, 0.1) is 18.8 Å². The fourth-order valence-electron chi connectivity index (χ4n) is 1.66. The van der Waals surface area contributed by atoms with Crippen molar-refractivity contribution in [3.05, 3.63) is 6.92 Å². The van der Waals surface area contributed by atoms with Gasteiger partial charge in [-0.3, -0.25) is 0 Å². The van der Waals surface area contributed by atoms with Gasteiger partial charge in [-0.15, -0.1) is 11.8 Å². The normalized spacial score (nSPS) is 9.73. The SMILES string of the molecule is [CH2]CCCCCCCCCCC#CCC. The molecular weight excluding hydrogens is 180 g/mol. The Kier molecular flexibility index (Phi) is 13.2. The molecule has 0 aromatic rings. The minimum atomic E-state index is 1.01. The highest BCUT2D eigenvalue weighted by Gasteiger charge is 1.90. The molecule has 0 heteroatoms. The zero-order valence-electron chi connectivity index (χ0n) is 10.5. The van der Waals surface area contributed by atoms with E-state index in [2.05, 4.69) is 25.7 Å². The first-order chi connectivity index (χ1) is 7.41. The maximum Gasteiger partial charge on any atom is 0.00886 e. The predicted octanol–water partition coefficient (Wildman–Crippen LogP) is 5.13. The minimum absolute atomic E-state index is 1.01. The Hall–Kier alpha value is -0.440. The van der Waals surface area contributed by atoms with Crippen molar-refractivity contribution >= 4 is 0 Å². The van der Waals surface area contributed by atoms with Crippen molar-refractivity contribution in [1.82, 2.24) is 0 Å². The molecule has 0 bridgehead atoms. The Bertz CT molecular complexity index is 159. The molecular formula is C15H27. The van der Waals surface area contributed by atoms with Gasteiger partial charge in [0.1, 0.15) is 0 Å². The van der Waals surface area contributed by atoms with E-state index in [0.29, 0.717) is 0 Å². The van der Waals surface area contributed by atoms with Crippen molar-refractivity contribution in [2.45, 2.75) is 77.6 Å². The molecule has 0 aromatic heterocycles. The first-order valence-corrected chi connectivity index (χ1v) is 6.66. The van der Waals surface area contributed by atoms with Gasteiger partial charge in [-0.1, -0.05) is 65.2 Å². The molecule has 0 fully saturated rings. The van der Waals surface area contributed by atoms with E-state index >= 15 is 0 Å². The number of rotatable bonds is 9. The first kappa shape index (κ1) is 14.6. The summed E-state index contributed by atoms with van der Waals surface area (Å²) < 4.78 is 0. The van der Waals surface area contributed by atoms with Gasteiger partial charge < -0.3 is 0 Å². The van der Waals surface area contributed by atoms with Gasteiger partial charge in [0.2, 0.25) is 0 Å². The Morgan fingerprint density at radius 3 is 1.80 bits per heavy atom. The van der Waals surface area contributed by atoms with Crippen LogP contribution in [-0.4, -0.2) is 0 Å². The van der Waals surface area contributed by atoms with Crippen LogP contribution < -0.4 is 0 Å². The summed E-state index contributed by atoms with van der Waals surface area (Å²) in [7, 11) is 0. The lowest BCUT2D eigenvalue weighted by molar-refractivity contribution is 0.572. The fraction of sp³-hybridized carbons (Fsp3) is 0.800. The molecule has 15 heavy (non-hydrogen) atoms. The molecule has 0 atom stereocenters. The molecule has 0 N–H and O–H groups in total. The fourth-order valence-corrected chi connectivity index (χ4v) is 1.66. The van der Waals surface area contributed by atoms with Gasteiger partial charge in [-0.25, -0.2) is 0 Å². The lowest BCUT2D eigenvalue weighted by atomic mass is 10.1. The number of unbranched alkanes of at least 4 members (excludes halogenated alkanes) is 9. The van der Waals surface area contributed by atoms with Crippen LogP contribution >= 0.6 is 0 Å².